The van der Waals surface area contributed by atoms with E-state index >= 15 is 0 Å². The van der Waals surface area contributed by atoms with Crippen molar-refractivity contribution in [3.8, 4) is 0 Å². The van der Waals surface area contributed by atoms with Crippen LogP contribution in [0.3, 0.4) is 0 Å². The molecule has 200 valence electrons. The van der Waals surface area contributed by atoms with Crippen LogP contribution in [0, 0.1) is 6.92 Å². The molecule has 0 unspecified atom stereocenters. The number of ether oxygens (including phenoxy) is 4. The number of nitrogens with zero attached hydrogens (tertiary/aromatic N) is 1. The van der Waals surface area contributed by atoms with E-state index in [0.717, 1.165) is 11.1 Å². The lowest BCUT2D eigenvalue weighted by Gasteiger charge is -2.32. The largest absolute Gasteiger partial charge is 0.455 e. The highest BCUT2D eigenvalue weighted by molar-refractivity contribution is 5.69. The third-order valence-corrected chi connectivity index (χ3v) is 6.43. The highest BCUT2D eigenvalue weighted by atomic mass is 16.6. The van der Waals surface area contributed by atoms with Gasteiger partial charge >= 0.3 is 11.7 Å². The Balaban J connectivity index is 1.72. The van der Waals surface area contributed by atoms with Gasteiger partial charge < -0.3 is 18.9 Å². The van der Waals surface area contributed by atoms with Gasteiger partial charge in [-0.25, -0.2) is 4.79 Å². The second-order valence-corrected chi connectivity index (χ2v) is 9.15. The number of hydrogen-bond donors (Lipinski definition) is 1. The second kappa shape index (κ2) is 12.2. The Hall–Kier alpha value is -3.79. The van der Waals surface area contributed by atoms with Gasteiger partial charge in [0, 0.05) is 18.2 Å². The van der Waals surface area contributed by atoms with E-state index in [4.69, 9.17) is 18.9 Å². The van der Waals surface area contributed by atoms with Crippen LogP contribution in [-0.4, -0.2) is 39.9 Å². The van der Waals surface area contributed by atoms with Gasteiger partial charge in [0.2, 0.25) is 0 Å². The summed E-state index contributed by atoms with van der Waals surface area (Å²) in [7, 11) is 0. The zero-order chi connectivity index (χ0) is 27.1. The Kier molecular flexibility index (Phi) is 8.73. The third-order valence-electron chi connectivity index (χ3n) is 6.43. The third kappa shape index (κ3) is 6.02. The van der Waals surface area contributed by atoms with Crippen LogP contribution in [0.4, 0.5) is 0 Å². The number of benzene rings is 2. The molecule has 9 heteroatoms. The molecule has 3 aromatic rings. The van der Waals surface area contributed by atoms with Crippen LogP contribution in [0.2, 0.25) is 0 Å². The molecule has 9 nitrogen and oxygen atoms in total. The predicted octanol–water partition coefficient (Wildman–Crippen LogP) is 3.42. The molecule has 1 aromatic heterocycles. The summed E-state index contributed by atoms with van der Waals surface area (Å²) in [4.78, 5) is 39.7. The Morgan fingerprint density at radius 1 is 1.08 bits per heavy atom. The topological polar surface area (TPSA) is 109 Å². The normalized spacial score (nSPS) is 22.7. The number of hydrogen-bond acceptors (Lipinski definition) is 7. The van der Waals surface area contributed by atoms with Crippen LogP contribution in [-0.2, 0) is 37.0 Å². The van der Waals surface area contributed by atoms with Crippen molar-refractivity contribution in [3.63, 3.8) is 0 Å². The zero-order valence-corrected chi connectivity index (χ0v) is 21.5. The van der Waals surface area contributed by atoms with Gasteiger partial charge in [-0.05, 0) is 18.1 Å². The minimum atomic E-state index is -1.28. The summed E-state index contributed by atoms with van der Waals surface area (Å²) in [6.07, 6.45) is 0.0384. The number of carbonyl (C=O) groups is 1. The molecule has 0 saturated carbocycles. The van der Waals surface area contributed by atoms with Crippen molar-refractivity contribution < 1.29 is 23.7 Å². The number of rotatable bonds is 11. The molecule has 4 rings (SSSR count). The molecule has 0 bridgehead atoms. The van der Waals surface area contributed by atoms with Gasteiger partial charge in [-0.15, -0.1) is 6.58 Å². The number of aryl methyl sites for hydroxylation is 1. The van der Waals surface area contributed by atoms with Gasteiger partial charge in [-0.1, -0.05) is 73.7 Å². The smallest absolute Gasteiger partial charge is 0.330 e. The van der Waals surface area contributed by atoms with E-state index in [1.165, 1.54) is 10.8 Å². The monoisotopic (exact) mass is 520 g/mol. The average molecular weight is 521 g/mol. The van der Waals surface area contributed by atoms with Gasteiger partial charge in [0.25, 0.3) is 5.56 Å². The molecule has 1 aliphatic heterocycles. The van der Waals surface area contributed by atoms with Crippen LogP contribution in [0.1, 0.15) is 36.3 Å². The fraction of sp³-hybridized carbons (Fsp3) is 0.345. The predicted molar refractivity (Wildman–Crippen MR) is 140 cm³/mol. The van der Waals surface area contributed by atoms with E-state index in [1.54, 1.807) is 19.9 Å². The van der Waals surface area contributed by atoms with Gasteiger partial charge in [-0.3, -0.25) is 19.1 Å². The summed E-state index contributed by atoms with van der Waals surface area (Å²) < 4.78 is 25.9. The highest BCUT2D eigenvalue weighted by Gasteiger charge is 2.57. The molecule has 1 aliphatic rings. The average Bonchev–Trinajstić information content (AvgIpc) is 3.23. The zero-order valence-electron chi connectivity index (χ0n) is 21.5. The molecule has 0 aliphatic carbocycles. The number of esters is 1. The van der Waals surface area contributed by atoms with Gasteiger partial charge in [0.1, 0.15) is 11.7 Å². The van der Waals surface area contributed by atoms with Crippen LogP contribution < -0.4 is 11.2 Å². The second-order valence-electron chi connectivity index (χ2n) is 9.15. The maximum atomic E-state index is 12.9. The molecule has 0 spiro atoms. The molecule has 38 heavy (non-hydrogen) atoms. The maximum absolute atomic E-state index is 12.9. The summed E-state index contributed by atoms with van der Waals surface area (Å²) in [5.74, 6) is -0.490. The lowest BCUT2D eigenvalue weighted by atomic mass is 9.95. The number of nitrogens with one attached hydrogen (secondary N) is 1. The number of carbonyl (C=O) groups excluding carboxylic acids is 1. The quantitative estimate of drug-likeness (QED) is 0.305. The fourth-order valence-electron chi connectivity index (χ4n) is 4.37. The van der Waals surface area contributed by atoms with Crippen LogP contribution in [0.5, 0.6) is 0 Å². The molecule has 4 atom stereocenters. The Bertz CT molecular complexity index is 1350. The maximum Gasteiger partial charge on any atom is 0.330 e. The van der Waals surface area contributed by atoms with E-state index in [2.05, 4.69) is 11.6 Å². The van der Waals surface area contributed by atoms with Crippen LogP contribution in [0.15, 0.2) is 89.1 Å². The lowest BCUT2D eigenvalue weighted by molar-refractivity contribution is -0.161. The first-order chi connectivity index (χ1) is 18.4. The fourth-order valence-corrected chi connectivity index (χ4v) is 4.37. The Morgan fingerprint density at radius 2 is 1.71 bits per heavy atom. The summed E-state index contributed by atoms with van der Waals surface area (Å²) >= 11 is 0. The molecular weight excluding hydrogens is 488 g/mol. The first-order valence-corrected chi connectivity index (χ1v) is 12.5. The van der Waals surface area contributed by atoms with E-state index in [9.17, 15) is 14.4 Å². The minimum absolute atomic E-state index is 0.0125. The summed E-state index contributed by atoms with van der Waals surface area (Å²) in [6.45, 7) is 7.74. The highest BCUT2D eigenvalue weighted by Crippen LogP contribution is 2.42. The number of H-pyrrole nitrogens is 1. The molecule has 2 heterocycles. The summed E-state index contributed by atoms with van der Waals surface area (Å²) in [5, 5.41) is 0. The first-order valence-electron chi connectivity index (χ1n) is 12.5. The molecule has 0 amide bonds. The molecule has 0 radical (unpaired) electrons. The molecule has 2 aromatic carbocycles. The van der Waals surface area contributed by atoms with Crippen molar-refractivity contribution in [2.75, 3.05) is 6.61 Å². The summed E-state index contributed by atoms with van der Waals surface area (Å²) in [6, 6.07) is 19.2. The van der Waals surface area contributed by atoms with Crippen molar-refractivity contribution >= 4 is 5.97 Å². The van der Waals surface area contributed by atoms with Crippen LogP contribution in [0.25, 0.3) is 0 Å². The Morgan fingerprint density at radius 3 is 2.32 bits per heavy atom. The van der Waals surface area contributed by atoms with Crippen molar-refractivity contribution in [1.82, 2.24) is 9.55 Å². The lowest BCUT2D eigenvalue weighted by Crippen LogP contribution is -2.48. The van der Waals surface area contributed by atoms with E-state index in [1.807, 2.05) is 60.7 Å². The van der Waals surface area contributed by atoms with E-state index in [0.29, 0.717) is 12.2 Å². The number of aromatic nitrogens is 2. The Labute approximate surface area is 220 Å². The SMILES string of the molecule is C=C[C@]1(COCc2ccccc2)O[C@@H](n2cc(C)c(=O)[nH]c2=O)[C@H](OC(=O)CC)[C@@H]1OCc1ccccc1. The van der Waals surface area contributed by atoms with E-state index < -0.39 is 41.3 Å². The van der Waals surface area contributed by atoms with Crippen molar-refractivity contribution in [2.24, 2.45) is 0 Å². The van der Waals surface area contributed by atoms with Gasteiger partial charge in [0.15, 0.2) is 12.3 Å². The van der Waals surface area contributed by atoms with Crippen molar-refractivity contribution in [2.45, 2.75) is 57.5 Å². The first kappa shape index (κ1) is 27.3. The molecular formula is C29H32N2O7. The van der Waals surface area contributed by atoms with Gasteiger partial charge in [-0.2, -0.15) is 0 Å². The van der Waals surface area contributed by atoms with E-state index in [-0.39, 0.29) is 19.6 Å². The van der Waals surface area contributed by atoms with Crippen molar-refractivity contribution in [1.29, 1.82) is 0 Å². The molecule has 1 saturated heterocycles. The minimum Gasteiger partial charge on any atom is -0.455 e. The number of aromatic amines is 1. The molecule has 1 fully saturated rings. The van der Waals surface area contributed by atoms with Gasteiger partial charge in [0.05, 0.1) is 19.8 Å². The summed E-state index contributed by atoms with van der Waals surface area (Å²) in [5.41, 5.74) is -0.330. The molecule has 1 N–H and O–H groups in total. The van der Waals surface area contributed by atoms with Crippen LogP contribution >= 0.6 is 0 Å². The standard InChI is InChI=1S/C29H32N2O7/c1-4-23(32)37-24-25(36-18-22-14-10-7-11-15-22)29(5-2,19-35-17-21-12-8-6-9-13-21)38-27(24)31-16-20(3)26(33)30-28(31)34/h5-16,24-25,27H,2,4,17-19H2,1,3H3,(H,30,33,34)/t24-,25+,27-,29-/m1/s1. The van der Waals surface area contributed by atoms with Crippen molar-refractivity contribution in [3.05, 3.63) is 117 Å².